The van der Waals surface area contributed by atoms with Crippen LogP contribution in [0.5, 0.6) is 0 Å². The topological polar surface area (TPSA) is 12.0 Å². The van der Waals surface area contributed by atoms with E-state index in [9.17, 15) is 0 Å². The summed E-state index contributed by atoms with van der Waals surface area (Å²) in [6.07, 6.45) is 3.66. The fraction of sp³-hybridized carbons (Fsp3) is 0.538. The van der Waals surface area contributed by atoms with E-state index in [1.165, 1.54) is 24.2 Å². The third-order valence-electron chi connectivity index (χ3n) is 2.33. The number of thioether (sulfide) groups is 1. The van der Waals surface area contributed by atoms with Gasteiger partial charge < -0.3 is 5.32 Å². The molecule has 96 valence electrons. The fourth-order valence-corrected chi connectivity index (χ4v) is 2.72. The third kappa shape index (κ3) is 6.56. The Kier molecular flexibility index (Phi) is 8.12. The molecule has 1 aromatic carbocycles. The average Bonchev–Trinajstić information content (AvgIpc) is 2.32. The molecule has 0 aliphatic heterocycles. The Morgan fingerprint density at radius 1 is 1.12 bits per heavy atom. The predicted molar refractivity (Wildman–Crippen MR) is 79.6 cm³/mol. The van der Waals surface area contributed by atoms with Gasteiger partial charge in [0.05, 0.1) is 10.0 Å². The summed E-state index contributed by atoms with van der Waals surface area (Å²) in [4.78, 5) is 1.20. The number of halogens is 2. The highest BCUT2D eigenvalue weighted by Crippen LogP contribution is 2.28. The first kappa shape index (κ1) is 15.2. The first-order valence-corrected chi connectivity index (χ1v) is 7.76. The molecule has 1 aromatic rings. The Bertz CT molecular complexity index is 331. The Morgan fingerprint density at radius 3 is 2.65 bits per heavy atom. The van der Waals surface area contributed by atoms with E-state index in [1.54, 1.807) is 0 Å². The second kappa shape index (κ2) is 9.09. The molecule has 0 aromatic heterocycles. The normalized spacial score (nSPS) is 10.8. The van der Waals surface area contributed by atoms with E-state index in [0.29, 0.717) is 10.0 Å². The lowest BCUT2D eigenvalue weighted by atomic mass is 10.3. The van der Waals surface area contributed by atoms with Crippen molar-refractivity contribution in [2.45, 2.75) is 31.1 Å². The quantitative estimate of drug-likeness (QED) is 0.542. The zero-order chi connectivity index (χ0) is 12.5. The fourth-order valence-electron chi connectivity index (χ4n) is 1.41. The number of rotatable bonds is 8. The van der Waals surface area contributed by atoms with Crippen LogP contribution in [0.25, 0.3) is 0 Å². The molecular weight excluding hydrogens is 273 g/mol. The average molecular weight is 292 g/mol. The molecule has 0 heterocycles. The highest BCUT2D eigenvalue weighted by atomic mass is 35.5. The van der Waals surface area contributed by atoms with Crippen LogP contribution in [-0.2, 0) is 0 Å². The Balaban J connectivity index is 2.11. The van der Waals surface area contributed by atoms with Crippen LogP contribution < -0.4 is 5.32 Å². The van der Waals surface area contributed by atoms with Gasteiger partial charge >= 0.3 is 0 Å². The van der Waals surface area contributed by atoms with E-state index in [0.717, 1.165) is 18.8 Å². The van der Waals surface area contributed by atoms with E-state index in [-0.39, 0.29) is 0 Å². The molecule has 0 atom stereocenters. The zero-order valence-corrected chi connectivity index (χ0v) is 12.5. The Morgan fingerprint density at radius 2 is 1.94 bits per heavy atom. The van der Waals surface area contributed by atoms with Gasteiger partial charge in [-0.2, -0.15) is 0 Å². The van der Waals surface area contributed by atoms with Gasteiger partial charge in [0, 0.05) is 4.90 Å². The number of hydrogen-bond acceptors (Lipinski definition) is 2. The van der Waals surface area contributed by atoms with Gasteiger partial charge in [0.25, 0.3) is 0 Å². The van der Waals surface area contributed by atoms with Gasteiger partial charge in [0.15, 0.2) is 0 Å². The second-order valence-electron chi connectivity index (χ2n) is 3.88. The molecule has 1 N–H and O–H groups in total. The molecule has 0 bridgehead atoms. The predicted octanol–water partition coefficient (Wildman–Crippen LogP) is 4.87. The van der Waals surface area contributed by atoms with E-state index in [4.69, 9.17) is 23.2 Å². The molecule has 0 saturated carbocycles. The van der Waals surface area contributed by atoms with Gasteiger partial charge in [-0.25, -0.2) is 0 Å². The van der Waals surface area contributed by atoms with Crippen molar-refractivity contribution in [2.24, 2.45) is 0 Å². The molecule has 17 heavy (non-hydrogen) atoms. The van der Waals surface area contributed by atoms with E-state index < -0.39 is 0 Å². The van der Waals surface area contributed by atoms with Crippen LogP contribution >= 0.6 is 35.0 Å². The van der Waals surface area contributed by atoms with Crippen molar-refractivity contribution in [3.63, 3.8) is 0 Å². The standard InChI is InChI=1S/C13H19Cl2NS/c1-2-7-16-8-3-4-9-17-11-5-6-12(14)13(15)10-11/h5-6,10,16H,2-4,7-9H2,1H3. The van der Waals surface area contributed by atoms with E-state index in [2.05, 4.69) is 12.2 Å². The van der Waals surface area contributed by atoms with Crippen LogP contribution in [0.1, 0.15) is 26.2 Å². The summed E-state index contributed by atoms with van der Waals surface area (Å²) < 4.78 is 0. The molecule has 0 saturated heterocycles. The maximum atomic E-state index is 5.96. The maximum absolute atomic E-state index is 5.96. The van der Waals surface area contributed by atoms with Crippen molar-refractivity contribution in [2.75, 3.05) is 18.8 Å². The van der Waals surface area contributed by atoms with Gasteiger partial charge in [0.1, 0.15) is 0 Å². The first-order valence-electron chi connectivity index (χ1n) is 6.02. The van der Waals surface area contributed by atoms with Crippen molar-refractivity contribution in [1.29, 1.82) is 0 Å². The van der Waals surface area contributed by atoms with Crippen molar-refractivity contribution in [1.82, 2.24) is 5.32 Å². The van der Waals surface area contributed by atoms with Gasteiger partial charge in [-0.05, 0) is 56.3 Å². The molecule has 0 aliphatic rings. The number of unbranched alkanes of at least 4 members (excludes halogenated alkanes) is 1. The third-order valence-corrected chi connectivity index (χ3v) is 4.15. The van der Waals surface area contributed by atoms with Gasteiger partial charge in [0.2, 0.25) is 0 Å². The number of hydrogen-bond donors (Lipinski definition) is 1. The van der Waals surface area contributed by atoms with Crippen LogP contribution in [0.4, 0.5) is 0 Å². The van der Waals surface area contributed by atoms with Crippen molar-refractivity contribution in [3.8, 4) is 0 Å². The summed E-state index contributed by atoms with van der Waals surface area (Å²) in [5.74, 6) is 1.13. The summed E-state index contributed by atoms with van der Waals surface area (Å²) in [6, 6.07) is 5.81. The zero-order valence-electron chi connectivity index (χ0n) is 10.1. The van der Waals surface area contributed by atoms with Gasteiger partial charge in [-0.15, -0.1) is 11.8 Å². The summed E-state index contributed by atoms with van der Waals surface area (Å²) in [6.45, 7) is 4.43. The van der Waals surface area contributed by atoms with Crippen molar-refractivity contribution < 1.29 is 0 Å². The Hall–Kier alpha value is 0.110. The molecule has 4 heteroatoms. The van der Waals surface area contributed by atoms with Crippen LogP contribution in [0.15, 0.2) is 23.1 Å². The Labute approximate surface area is 118 Å². The van der Waals surface area contributed by atoms with Crippen LogP contribution in [0, 0.1) is 0 Å². The lowest BCUT2D eigenvalue weighted by Crippen LogP contribution is -2.15. The van der Waals surface area contributed by atoms with Crippen LogP contribution in [0.3, 0.4) is 0 Å². The van der Waals surface area contributed by atoms with Crippen molar-refractivity contribution in [3.05, 3.63) is 28.2 Å². The second-order valence-corrected chi connectivity index (χ2v) is 5.86. The number of nitrogens with one attached hydrogen (secondary N) is 1. The molecule has 1 nitrogen and oxygen atoms in total. The molecule has 1 rings (SSSR count). The lowest BCUT2D eigenvalue weighted by Gasteiger charge is -2.04. The first-order chi connectivity index (χ1) is 8.24. The minimum Gasteiger partial charge on any atom is -0.317 e. The maximum Gasteiger partial charge on any atom is 0.0603 e. The highest BCUT2D eigenvalue weighted by molar-refractivity contribution is 7.99. The minimum absolute atomic E-state index is 0.625. The van der Waals surface area contributed by atoms with Crippen molar-refractivity contribution >= 4 is 35.0 Å². The monoisotopic (exact) mass is 291 g/mol. The molecule has 0 unspecified atom stereocenters. The molecule has 0 fully saturated rings. The van der Waals surface area contributed by atoms with Crippen LogP contribution in [-0.4, -0.2) is 18.8 Å². The van der Waals surface area contributed by atoms with E-state index >= 15 is 0 Å². The lowest BCUT2D eigenvalue weighted by molar-refractivity contribution is 0.635. The molecular formula is C13H19Cl2NS. The van der Waals surface area contributed by atoms with Gasteiger partial charge in [-0.3, -0.25) is 0 Å². The summed E-state index contributed by atoms with van der Waals surface area (Å²) in [7, 11) is 0. The van der Waals surface area contributed by atoms with E-state index in [1.807, 2.05) is 30.0 Å². The minimum atomic E-state index is 0.625. The van der Waals surface area contributed by atoms with Gasteiger partial charge in [-0.1, -0.05) is 30.1 Å². The molecule has 0 amide bonds. The number of benzene rings is 1. The summed E-state index contributed by atoms with van der Waals surface area (Å²) in [5, 5.41) is 4.67. The summed E-state index contributed by atoms with van der Waals surface area (Å²) in [5.41, 5.74) is 0. The molecule has 0 spiro atoms. The highest BCUT2D eigenvalue weighted by Gasteiger charge is 1.99. The summed E-state index contributed by atoms with van der Waals surface area (Å²) >= 11 is 13.7. The molecule has 0 radical (unpaired) electrons. The molecule has 0 aliphatic carbocycles. The van der Waals surface area contributed by atoms with Crippen LogP contribution in [0.2, 0.25) is 10.0 Å². The SMILES string of the molecule is CCCNCCCCSc1ccc(Cl)c(Cl)c1. The largest absolute Gasteiger partial charge is 0.317 e. The smallest absolute Gasteiger partial charge is 0.0603 e.